The molecule has 122 valence electrons. The summed E-state index contributed by atoms with van der Waals surface area (Å²) < 4.78 is 42.6. The molecule has 1 aliphatic rings. The highest BCUT2D eigenvalue weighted by molar-refractivity contribution is 5.76. The lowest BCUT2D eigenvalue weighted by Crippen LogP contribution is -2.35. The molecule has 0 bridgehead atoms. The van der Waals surface area contributed by atoms with Crippen molar-refractivity contribution in [3.8, 4) is 5.75 Å². The van der Waals surface area contributed by atoms with Crippen LogP contribution in [-0.2, 0) is 11.0 Å². The molecule has 0 aliphatic carbocycles. The van der Waals surface area contributed by atoms with Gasteiger partial charge in [-0.3, -0.25) is 4.79 Å². The molecule has 1 amide bonds. The van der Waals surface area contributed by atoms with Crippen LogP contribution in [0.4, 0.5) is 13.2 Å². The van der Waals surface area contributed by atoms with Crippen molar-refractivity contribution >= 4 is 5.91 Å². The van der Waals surface area contributed by atoms with E-state index >= 15 is 0 Å². The van der Waals surface area contributed by atoms with Crippen molar-refractivity contribution in [2.24, 2.45) is 0 Å². The van der Waals surface area contributed by atoms with Crippen molar-refractivity contribution in [1.29, 1.82) is 0 Å². The van der Waals surface area contributed by atoms with Crippen LogP contribution in [0.3, 0.4) is 0 Å². The predicted molar refractivity (Wildman–Crippen MR) is 76.6 cm³/mol. The molecule has 0 saturated carbocycles. The largest absolute Gasteiger partial charge is 0.494 e. The summed E-state index contributed by atoms with van der Waals surface area (Å²) in [6.45, 7) is 1.99. The second kappa shape index (κ2) is 7.51. The van der Waals surface area contributed by atoms with Crippen LogP contribution in [0, 0.1) is 0 Å². The van der Waals surface area contributed by atoms with Crippen LogP contribution in [0.2, 0.25) is 0 Å². The summed E-state index contributed by atoms with van der Waals surface area (Å²) >= 11 is 0. The highest BCUT2D eigenvalue weighted by atomic mass is 19.4. The van der Waals surface area contributed by atoms with E-state index in [4.69, 9.17) is 4.74 Å². The van der Waals surface area contributed by atoms with Gasteiger partial charge in [-0.05, 0) is 49.9 Å². The minimum absolute atomic E-state index is 0.135. The molecule has 1 fully saturated rings. The summed E-state index contributed by atoms with van der Waals surface area (Å²) in [5, 5.41) is 0. The van der Waals surface area contributed by atoms with Crippen LogP contribution in [0.15, 0.2) is 24.3 Å². The number of nitrogens with zero attached hydrogens (tertiary/aromatic N) is 1. The van der Waals surface area contributed by atoms with Crippen molar-refractivity contribution in [3.05, 3.63) is 29.8 Å². The predicted octanol–water partition coefficient (Wildman–Crippen LogP) is 3.88. The fraction of sp³-hybridized carbons (Fsp3) is 0.562. The van der Waals surface area contributed by atoms with Gasteiger partial charge in [0.1, 0.15) is 5.75 Å². The minimum Gasteiger partial charge on any atom is -0.494 e. The number of benzene rings is 1. The average Bonchev–Trinajstić information content (AvgIpc) is 2.52. The van der Waals surface area contributed by atoms with Gasteiger partial charge >= 0.3 is 6.18 Å². The summed E-state index contributed by atoms with van der Waals surface area (Å²) in [4.78, 5) is 13.8. The molecule has 0 N–H and O–H groups in total. The molecule has 1 heterocycles. The third-order valence-electron chi connectivity index (χ3n) is 3.69. The molecule has 1 saturated heterocycles. The Balaban J connectivity index is 1.69. The van der Waals surface area contributed by atoms with Crippen LogP contribution >= 0.6 is 0 Å². The molecule has 1 aliphatic heterocycles. The molecule has 1 aromatic rings. The van der Waals surface area contributed by atoms with Gasteiger partial charge in [0.05, 0.1) is 12.2 Å². The summed E-state index contributed by atoms with van der Waals surface area (Å²) in [5.41, 5.74) is -0.694. The quantitative estimate of drug-likeness (QED) is 0.772. The Kier molecular flexibility index (Phi) is 5.69. The molecule has 0 spiro atoms. The molecule has 0 atom stereocenters. The Morgan fingerprint density at radius 2 is 1.73 bits per heavy atom. The SMILES string of the molecule is O=C(CCCOc1ccc(C(F)(F)F)cc1)N1CCCCC1. The molecule has 1 aromatic carbocycles. The zero-order valence-corrected chi connectivity index (χ0v) is 12.4. The topological polar surface area (TPSA) is 29.5 Å². The molecule has 2 rings (SSSR count). The number of carbonyl (C=O) groups excluding carboxylic acids is 1. The first-order valence-corrected chi connectivity index (χ1v) is 7.54. The number of carbonyl (C=O) groups is 1. The van der Waals surface area contributed by atoms with Gasteiger partial charge in [0.2, 0.25) is 5.91 Å². The van der Waals surface area contributed by atoms with Crippen LogP contribution in [-0.4, -0.2) is 30.5 Å². The number of likely N-dealkylation sites (tertiary alicyclic amines) is 1. The summed E-state index contributed by atoms with van der Waals surface area (Å²) in [5.74, 6) is 0.522. The Bertz CT molecular complexity index is 479. The Hall–Kier alpha value is -1.72. The van der Waals surface area contributed by atoms with E-state index in [0.717, 1.165) is 38.1 Å². The molecule has 6 heteroatoms. The van der Waals surface area contributed by atoms with Crippen LogP contribution < -0.4 is 4.74 Å². The van der Waals surface area contributed by atoms with E-state index in [1.54, 1.807) is 0 Å². The van der Waals surface area contributed by atoms with Crippen LogP contribution in [0.1, 0.15) is 37.7 Å². The number of ether oxygens (including phenoxy) is 1. The lowest BCUT2D eigenvalue weighted by molar-refractivity contribution is -0.137. The normalized spacial score (nSPS) is 15.7. The van der Waals surface area contributed by atoms with E-state index in [1.165, 1.54) is 18.6 Å². The van der Waals surface area contributed by atoms with E-state index in [1.807, 2.05) is 4.90 Å². The van der Waals surface area contributed by atoms with Gasteiger partial charge < -0.3 is 9.64 Å². The Labute approximate surface area is 128 Å². The monoisotopic (exact) mass is 315 g/mol. The van der Waals surface area contributed by atoms with E-state index < -0.39 is 11.7 Å². The summed E-state index contributed by atoms with van der Waals surface area (Å²) in [7, 11) is 0. The number of alkyl halides is 3. The maximum atomic E-state index is 12.4. The standard InChI is InChI=1S/C16H20F3NO2/c17-16(18,19)13-6-8-14(9-7-13)22-12-4-5-15(21)20-10-2-1-3-11-20/h6-9H,1-5,10-12H2. The van der Waals surface area contributed by atoms with E-state index in [0.29, 0.717) is 25.2 Å². The second-order valence-electron chi connectivity index (χ2n) is 5.42. The number of hydrogen-bond donors (Lipinski definition) is 0. The smallest absolute Gasteiger partial charge is 0.416 e. The van der Waals surface area contributed by atoms with Gasteiger partial charge in [-0.15, -0.1) is 0 Å². The number of piperidine rings is 1. The van der Waals surface area contributed by atoms with E-state index in [9.17, 15) is 18.0 Å². The highest BCUT2D eigenvalue weighted by Crippen LogP contribution is 2.30. The fourth-order valence-electron chi connectivity index (χ4n) is 2.45. The van der Waals surface area contributed by atoms with Crippen molar-refractivity contribution in [2.45, 2.75) is 38.3 Å². The minimum atomic E-state index is -4.33. The van der Waals surface area contributed by atoms with Crippen LogP contribution in [0.25, 0.3) is 0 Å². The molecule has 3 nitrogen and oxygen atoms in total. The van der Waals surface area contributed by atoms with Crippen molar-refractivity contribution < 1.29 is 22.7 Å². The van der Waals surface area contributed by atoms with E-state index in [-0.39, 0.29) is 5.91 Å². The number of amides is 1. The molecular formula is C16H20F3NO2. The van der Waals surface area contributed by atoms with Gasteiger partial charge in [-0.25, -0.2) is 0 Å². The summed E-state index contributed by atoms with van der Waals surface area (Å²) in [6.07, 6.45) is -0.0429. The summed E-state index contributed by atoms with van der Waals surface area (Å²) in [6, 6.07) is 4.59. The number of halogens is 3. The second-order valence-corrected chi connectivity index (χ2v) is 5.42. The van der Waals surface area contributed by atoms with Gasteiger partial charge in [0, 0.05) is 19.5 Å². The van der Waals surface area contributed by atoms with Gasteiger partial charge in [-0.1, -0.05) is 0 Å². The number of rotatable bonds is 5. The molecule has 0 aromatic heterocycles. The van der Waals surface area contributed by atoms with Crippen molar-refractivity contribution in [3.63, 3.8) is 0 Å². The first-order valence-electron chi connectivity index (χ1n) is 7.54. The maximum absolute atomic E-state index is 12.4. The lowest BCUT2D eigenvalue weighted by atomic mass is 10.1. The van der Waals surface area contributed by atoms with E-state index in [2.05, 4.69) is 0 Å². The Morgan fingerprint density at radius 1 is 1.09 bits per heavy atom. The van der Waals surface area contributed by atoms with Gasteiger partial charge in [0.25, 0.3) is 0 Å². The molecular weight excluding hydrogens is 295 g/mol. The number of hydrogen-bond acceptors (Lipinski definition) is 2. The zero-order valence-electron chi connectivity index (χ0n) is 12.4. The van der Waals surface area contributed by atoms with Crippen LogP contribution in [0.5, 0.6) is 5.75 Å². The fourth-order valence-corrected chi connectivity index (χ4v) is 2.45. The Morgan fingerprint density at radius 3 is 2.32 bits per heavy atom. The van der Waals surface area contributed by atoms with Crippen molar-refractivity contribution in [1.82, 2.24) is 4.90 Å². The average molecular weight is 315 g/mol. The first kappa shape index (κ1) is 16.6. The maximum Gasteiger partial charge on any atom is 0.416 e. The third-order valence-corrected chi connectivity index (χ3v) is 3.69. The molecule has 0 radical (unpaired) electrons. The molecule has 22 heavy (non-hydrogen) atoms. The van der Waals surface area contributed by atoms with Crippen molar-refractivity contribution in [2.75, 3.05) is 19.7 Å². The molecule has 0 unspecified atom stereocenters. The first-order chi connectivity index (χ1) is 10.5. The van der Waals surface area contributed by atoms with Gasteiger partial charge in [0.15, 0.2) is 0 Å². The lowest BCUT2D eigenvalue weighted by Gasteiger charge is -2.26. The zero-order chi connectivity index (χ0) is 16.0. The van der Waals surface area contributed by atoms with Gasteiger partial charge in [-0.2, -0.15) is 13.2 Å². The highest BCUT2D eigenvalue weighted by Gasteiger charge is 2.30. The third kappa shape index (κ3) is 4.93.